The van der Waals surface area contributed by atoms with Gasteiger partial charge in [0.25, 0.3) is 0 Å². The molecule has 0 saturated carbocycles. The summed E-state index contributed by atoms with van der Waals surface area (Å²) in [5.41, 5.74) is 4.08. The van der Waals surface area contributed by atoms with Crippen molar-refractivity contribution in [1.29, 1.82) is 0 Å². The molecule has 1 N–H and O–H groups in total. The van der Waals surface area contributed by atoms with E-state index in [9.17, 15) is 18.3 Å². The zero-order valence-corrected chi connectivity index (χ0v) is 21.3. The van der Waals surface area contributed by atoms with Gasteiger partial charge in [0.1, 0.15) is 36.7 Å². The Kier molecular flexibility index (Phi) is 8.68. The van der Waals surface area contributed by atoms with Gasteiger partial charge in [-0.2, -0.15) is 13.2 Å². The molecule has 0 spiro atoms. The summed E-state index contributed by atoms with van der Waals surface area (Å²) in [5.74, 6) is 1.81. The molecule has 0 atom stereocenters. The van der Waals surface area contributed by atoms with Crippen LogP contribution in [0.25, 0.3) is 12.2 Å². The zero-order valence-electron chi connectivity index (χ0n) is 21.3. The zero-order chi connectivity index (χ0) is 27.1. The SMILES string of the molecule is Cc1c(CCCCn2ccnc2CO)ccc(OCc2coc(/C=C/c3ccc(C(F)(F)F)cc3)n2)c1C. The van der Waals surface area contributed by atoms with Crippen LogP contribution >= 0.6 is 0 Å². The van der Waals surface area contributed by atoms with Crippen molar-refractivity contribution in [3.8, 4) is 5.75 Å². The molecule has 0 bridgehead atoms. The summed E-state index contributed by atoms with van der Waals surface area (Å²) in [5, 5.41) is 9.31. The molecule has 2 aromatic heterocycles. The molecule has 4 aromatic rings. The van der Waals surface area contributed by atoms with Gasteiger partial charge in [0.05, 0.1) is 5.56 Å². The molecule has 0 amide bonds. The second kappa shape index (κ2) is 12.1. The minimum atomic E-state index is -4.36. The maximum Gasteiger partial charge on any atom is 0.416 e. The number of imidazole rings is 1. The summed E-state index contributed by atoms with van der Waals surface area (Å²) >= 11 is 0. The fourth-order valence-corrected chi connectivity index (χ4v) is 4.14. The Balaban J connectivity index is 1.28. The highest BCUT2D eigenvalue weighted by molar-refractivity contribution is 5.66. The van der Waals surface area contributed by atoms with Crippen molar-refractivity contribution in [1.82, 2.24) is 14.5 Å². The Labute approximate surface area is 219 Å². The van der Waals surface area contributed by atoms with Crippen LogP contribution in [0.1, 0.15) is 58.1 Å². The van der Waals surface area contributed by atoms with Gasteiger partial charge in [-0.15, -0.1) is 0 Å². The number of ether oxygens (including phenoxy) is 1. The van der Waals surface area contributed by atoms with E-state index in [0.29, 0.717) is 23.0 Å². The van der Waals surface area contributed by atoms with Crippen molar-refractivity contribution in [2.45, 2.75) is 59.0 Å². The van der Waals surface area contributed by atoms with E-state index in [0.717, 1.165) is 49.3 Å². The lowest BCUT2D eigenvalue weighted by Crippen LogP contribution is -2.04. The Morgan fingerprint density at radius 1 is 1.03 bits per heavy atom. The minimum absolute atomic E-state index is 0.0537. The van der Waals surface area contributed by atoms with Crippen molar-refractivity contribution in [2.24, 2.45) is 0 Å². The molecule has 0 aliphatic heterocycles. The van der Waals surface area contributed by atoms with Crippen LogP contribution in [0.2, 0.25) is 0 Å². The predicted molar refractivity (Wildman–Crippen MR) is 138 cm³/mol. The van der Waals surface area contributed by atoms with Crippen LogP contribution in [0.5, 0.6) is 5.75 Å². The quantitative estimate of drug-likeness (QED) is 0.219. The van der Waals surface area contributed by atoms with Gasteiger partial charge in [0.15, 0.2) is 0 Å². The first-order valence-electron chi connectivity index (χ1n) is 12.4. The van der Waals surface area contributed by atoms with E-state index < -0.39 is 11.7 Å². The number of aliphatic hydroxyl groups is 1. The first-order valence-corrected chi connectivity index (χ1v) is 12.4. The van der Waals surface area contributed by atoms with Crippen LogP contribution in [-0.4, -0.2) is 19.6 Å². The molecule has 200 valence electrons. The van der Waals surface area contributed by atoms with Crippen LogP contribution < -0.4 is 4.74 Å². The number of halogens is 3. The van der Waals surface area contributed by atoms with E-state index in [2.05, 4.69) is 23.0 Å². The summed E-state index contributed by atoms with van der Waals surface area (Å²) in [7, 11) is 0. The molecule has 38 heavy (non-hydrogen) atoms. The van der Waals surface area contributed by atoms with Gasteiger partial charge in [0.2, 0.25) is 5.89 Å². The van der Waals surface area contributed by atoms with Crippen LogP contribution in [0.4, 0.5) is 13.2 Å². The molecule has 2 heterocycles. The standard InChI is InChI=1S/C29H30F3N3O3/c1-20-21(2)26(12-9-23(20)5-3-4-15-35-16-14-33-27(35)17-36)37-18-25-19-38-28(34-25)13-8-22-6-10-24(11-7-22)29(30,31)32/h6-14,16,19,36H,3-5,15,17-18H2,1-2H3/b13-8+. The fraction of sp³-hybridized carbons (Fsp3) is 0.310. The van der Waals surface area contributed by atoms with Crippen molar-refractivity contribution in [3.63, 3.8) is 0 Å². The van der Waals surface area contributed by atoms with Crippen LogP contribution in [0.15, 0.2) is 59.5 Å². The molecular formula is C29H30F3N3O3. The van der Waals surface area contributed by atoms with E-state index in [1.807, 2.05) is 23.8 Å². The number of rotatable bonds is 11. The maximum absolute atomic E-state index is 12.7. The third-order valence-corrected chi connectivity index (χ3v) is 6.49. The number of alkyl halides is 3. The normalized spacial score (nSPS) is 11.9. The molecule has 9 heteroatoms. The van der Waals surface area contributed by atoms with Crippen molar-refractivity contribution < 1.29 is 27.4 Å². The molecule has 0 aliphatic carbocycles. The summed E-state index contributed by atoms with van der Waals surface area (Å²) < 4.78 is 51.5. The van der Waals surface area contributed by atoms with Crippen molar-refractivity contribution >= 4 is 12.2 Å². The first kappa shape index (κ1) is 27.2. The highest BCUT2D eigenvalue weighted by Crippen LogP contribution is 2.29. The van der Waals surface area contributed by atoms with Gasteiger partial charge >= 0.3 is 6.18 Å². The average Bonchev–Trinajstić information content (AvgIpc) is 3.56. The average molecular weight is 526 g/mol. The topological polar surface area (TPSA) is 73.3 Å². The number of hydrogen-bond acceptors (Lipinski definition) is 5. The number of oxazole rings is 1. The number of unbranched alkanes of at least 4 members (excludes halogenated alkanes) is 1. The van der Waals surface area contributed by atoms with Crippen molar-refractivity contribution in [3.05, 3.63) is 100 Å². The van der Waals surface area contributed by atoms with Crippen LogP contribution in [0.3, 0.4) is 0 Å². The van der Waals surface area contributed by atoms with Gasteiger partial charge < -0.3 is 18.8 Å². The number of hydrogen-bond donors (Lipinski definition) is 1. The highest BCUT2D eigenvalue weighted by atomic mass is 19.4. The second-order valence-electron chi connectivity index (χ2n) is 9.04. The Morgan fingerprint density at radius 3 is 2.55 bits per heavy atom. The van der Waals surface area contributed by atoms with E-state index in [1.165, 1.54) is 29.5 Å². The Bertz CT molecular complexity index is 1370. The Morgan fingerprint density at radius 2 is 1.82 bits per heavy atom. The molecule has 4 rings (SSSR count). The second-order valence-corrected chi connectivity index (χ2v) is 9.04. The minimum Gasteiger partial charge on any atom is -0.487 e. The number of nitrogens with zero attached hydrogens (tertiary/aromatic N) is 3. The first-order chi connectivity index (χ1) is 18.2. The largest absolute Gasteiger partial charge is 0.487 e. The maximum atomic E-state index is 12.7. The van der Waals surface area contributed by atoms with Gasteiger partial charge in [-0.3, -0.25) is 0 Å². The molecule has 0 unspecified atom stereocenters. The monoisotopic (exact) mass is 525 g/mol. The number of aryl methyl sites for hydroxylation is 2. The Hall–Kier alpha value is -3.85. The van der Waals surface area contributed by atoms with Gasteiger partial charge in [0, 0.05) is 25.0 Å². The highest BCUT2D eigenvalue weighted by Gasteiger charge is 2.29. The molecule has 0 saturated heterocycles. The molecule has 0 radical (unpaired) electrons. The van der Waals surface area contributed by atoms with Crippen molar-refractivity contribution in [2.75, 3.05) is 0 Å². The number of aromatic nitrogens is 3. The van der Waals surface area contributed by atoms with E-state index >= 15 is 0 Å². The number of benzene rings is 2. The smallest absolute Gasteiger partial charge is 0.416 e. The third kappa shape index (κ3) is 6.92. The summed E-state index contributed by atoms with van der Waals surface area (Å²) in [6.07, 6.45) is 6.95. The van der Waals surface area contributed by atoms with E-state index in [1.54, 1.807) is 18.3 Å². The van der Waals surface area contributed by atoms with E-state index in [4.69, 9.17) is 9.15 Å². The van der Waals surface area contributed by atoms with Gasteiger partial charge in [-0.25, -0.2) is 9.97 Å². The molecule has 6 nitrogen and oxygen atoms in total. The van der Waals surface area contributed by atoms with E-state index in [-0.39, 0.29) is 13.2 Å². The third-order valence-electron chi connectivity index (χ3n) is 6.49. The molecular weight excluding hydrogens is 495 g/mol. The number of aliphatic hydroxyl groups excluding tert-OH is 1. The molecule has 0 aliphatic rings. The van der Waals surface area contributed by atoms with Crippen LogP contribution in [0, 0.1) is 13.8 Å². The molecule has 2 aromatic carbocycles. The lowest BCUT2D eigenvalue weighted by atomic mass is 9.98. The fourth-order valence-electron chi connectivity index (χ4n) is 4.14. The van der Waals surface area contributed by atoms with Crippen LogP contribution in [-0.2, 0) is 32.4 Å². The summed E-state index contributed by atoms with van der Waals surface area (Å²) in [6, 6.07) is 8.94. The van der Waals surface area contributed by atoms with Gasteiger partial charge in [-0.1, -0.05) is 18.2 Å². The lowest BCUT2D eigenvalue weighted by Gasteiger charge is -2.14. The summed E-state index contributed by atoms with van der Waals surface area (Å²) in [6.45, 7) is 5.14. The van der Waals surface area contributed by atoms with Gasteiger partial charge in [-0.05, 0) is 79.6 Å². The predicted octanol–water partition coefficient (Wildman–Crippen LogP) is 6.77. The molecule has 0 fully saturated rings. The lowest BCUT2D eigenvalue weighted by molar-refractivity contribution is -0.137. The summed E-state index contributed by atoms with van der Waals surface area (Å²) in [4.78, 5) is 8.50.